The molecule has 1 saturated heterocycles. The number of nitrogens with one attached hydrogen (secondary N) is 1. The molecule has 1 atom stereocenters. The molecule has 2 heterocycles. The molecule has 3 rings (SSSR count). The Morgan fingerprint density at radius 2 is 2.39 bits per heavy atom. The first-order valence-electron chi connectivity index (χ1n) is 6.88. The second-order valence-electron chi connectivity index (χ2n) is 5.28. The second-order valence-corrected chi connectivity index (χ2v) is 5.28. The highest BCUT2D eigenvalue weighted by Crippen LogP contribution is 2.22. The number of para-hydroxylation sites is 1. The van der Waals surface area contributed by atoms with Crippen LogP contribution in [0.3, 0.4) is 0 Å². The molecule has 0 amide bonds. The summed E-state index contributed by atoms with van der Waals surface area (Å²) in [6.07, 6.45) is 4.78. The van der Waals surface area contributed by atoms with E-state index in [0.29, 0.717) is 0 Å². The normalized spacial score (nSPS) is 20.4. The number of hydrogen-bond acceptors (Lipinski definition) is 3. The largest absolute Gasteiger partial charge is 0.440 e. The van der Waals surface area contributed by atoms with Crippen LogP contribution >= 0.6 is 0 Å². The Bertz CT molecular complexity index is 526. The Hall–Kier alpha value is -1.35. The molecule has 1 aliphatic rings. The van der Waals surface area contributed by atoms with Gasteiger partial charge in [-0.15, -0.1) is 0 Å². The third-order valence-electron chi connectivity index (χ3n) is 3.82. The van der Waals surface area contributed by atoms with Gasteiger partial charge in [0.05, 0.1) is 0 Å². The maximum absolute atomic E-state index is 5.86. The highest BCUT2D eigenvalue weighted by Gasteiger charge is 2.14. The summed E-state index contributed by atoms with van der Waals surface area (Å²) in [5.74, 6) is 1.68. The van der Waals surface area contributed by atoms with Gasteiger partial charge in [-0.3, -0.25) is 0 Å². The average molecular weight is 244 g/mol. The SMILES string of the molecule is Cc1cccc2nc(CCC3CCCNC3)oc12. The third kappa shape index (κ3) is 2.41. The molecule has 0 spiro atoms. The molecule has 3 heteroatoms. The minimum Gasteiger partial charge on any atom is -0.440 e. The van der Waals surface area contributed by atoms with Crippen LogP contribution in [0.1, 0.15) is 30.7 Å². The number of nitrogens with zero attached hydrogens (tertiary/aromatic N) is 1. The topological polar surface area (TPSA) is 38.1 Å². The summed E-state index contributed by atoms with van der Waals surface area (Å²) in [6, 6.07) is 6.13. The molecule has 1 aromatic heterocycles. The molecule has 0 bridgehead atoms. The summed E-state index contributed by atoms with van der Waals surface area (Å²) < 4.78 is 5.86. The molecule has 3 nitrogen and oxygen atoms in total. The van der Waals surface area contributed by atoms with Gasteiger partial charge >= 0.3 is 0 Å². The van der Waals surface area contributed by atoms with Crippen molar-refractivity contribution in [1.29, 1.82) is 0 Å². The van der Waals surface area contributed by atoms with E-state index in [1.807, 2.05) is 12.1 Å². The van der Waals surface area contributed by atoms with Crippen molar-refractivity contribution < 1.29 is 4.42 Å². The van der Waals surface area contributed by atoms with Gasteiger partial charge in [-0.25, -0.2) is 4.98 Å². The van der Waals surface area contributed by atoms with Gasteiger partial charge < -0.3 is 9.73 Å². The molecular weight excluding hydrogens is 224 g/mol. The zero-order chi connectivity index (χ0) is 12.4. The van der Waals surface area contributed by atoms with E-state index in [4.69, 9.17) is 4.42 Å². The summed E-state index contributed by atoms with van der Waals surface area (Å²) in [6.45, 7) is 4.40. The predicted molar refractivity (Wildman–Crippen MR) is 72.7 cm³/mol. The number of benzene rings is 1. The number of rotatable bonds is 3. The van der Waals surface area contributed by atoms with Crippen molar-refractivity contribution in [2.75, 3.05) is 13.1 Å². The lowest BCUT2D eigenvalue weighted by molar-refractivity contribution is 0.347. The number of aryl methyl sites for hydroxylation is 2. The van der Waals surface area contributed by atoms with Crippen molar-refractivity contribution in [1.82, 2.24) is 10.3 Å². The quantitative estimate of drug-likeness (QED) is 0.901. The smallest absolute Gasteiger partial charge is 0.195 e. The van der Waals surface area contributed by atoms with E-state index in [2.05, 4.69) is 23.3 Å². The maximum atomic E-state index is 5.86. The van der Waals surface area contributed by atoms with Crippen molar-refractivity contribution in [2.24, 2.45) is 5.92 Å². The van der Waals surface area contributed by atoms with Crippen LogP contribution in [0.25, 0.3) is 11.1 Å². The van der Waals surface area contributed by atoms with Crippen LogP contribution in [0.4, 0.5) is 0 Å². The van der Waals surface area contributed by atoms with Crippen LogP contribution < -0.4 is 5.32 Å². The Labute approximate surface area is 108 Å². The molecule has 1 unspecified atom stereocenters. The van der Waals surface area contributed by atoms with E-state index in [0.717, 1.165) is 35.9 Å². The Balaban J connectivity index is 1.69. The van der Waals surface area contributed by atoms with E-state index in [9.17, 15) is 0 Å². The van der Waals surface area contributed by atoms with Crippen molar-refractivity contribution >= 4 is 11.1 Å². The number of fused-ring (bicyclic) bond motifs is 1. The van der Waals surface area contributed by atoms with Crippen LogP contribution in [0.15, 0.2) is 22.6 Å². The van der Waals surface area contributed by atoms with E-state index in [1.165, 1.54) is 31.4 Å². The first kappa shape index (κ1) is 11.7. The minimum absolute atomic E-state index is 0.787. The van der Waals surface area contributed by atoms with Crippen LogP contribution in [0.5, 0.6) is 0 Å². The molecule has 1 fully saturated rings. The molecule has 1 aliphatic heterocycles. The Morgan fingerprint density at radius 1 is 1.44 bits per heavy atom. The number of hydrogen-bond donors (Lipinski definition) is 1. The van der Waals surface area contributed by atoms with Gasteiger partial charge in [0.2, 0.25) is 0 Å². The molecule has 0 aliphatic carbocycles. The van der Waals surface area contributed by atoms with Crippen LogP contribution in [-0.4, -0.2) is 18.1 Å². The molecular formula is C15H20N2O. The highest BCUT2D eigenvalue weighted by molar-refractivity contribution is 5.75. The molecule has 18 heavy (non-hydrogen) atoms. The molecule has 96 valence electrons. The van der Waals surface area contributed by atoms with Gasteiger partial charge in [0.15, 0.2) is 11.5 Å². The fourth-order valence-corrected chi connectivity index (χ4v) is 2.74. The zero-order valence-corrected chi connectivity index (χ0v) is 10.9. The van der Waals surface area contributed by atoms with Gasteiger partial charge in [-0.1, -0.05) is 12.1 Å². The van der Waals surface area contributed by atoms with Crippen LogP contribution in [0.2, 0.25) is 0 Å². The summed E-state index contributed by atoms with van der Waals surface area (Å²) in [4.78, 5) is 4.57. The summed E-state index contributed by atoms with van der Waals surface area (Å²) in [5, 5.41) is 3.46. The van der Waals surface area contributed by atoms with Crippen molar-refractivity contribution in [3.05, 3.63) is 29.7 Å². The third-order valence-corrected chi connectivity index (χ3v) is 3.82. The number of oxazole rings is 1. The van der Waals surface area contributed by atoms with E-state index in [-0.39, 0.29) is 0 Å². The molecule has 1 aromatic carbocycles. The second kappa shape index (κ2) is 5.11. The molecule has 0 saturated carbocycles. The first-order chi connectivity index (χ1) is 8.83. The zero-order valence-electron chi connectivity index (χ0n) is 10.9. The van der Waals surface area contributed by atoms with Crippen LogP contribution in [0, 0.1) is 12.8 Å². The van der Waals surface area contributed by atoms with Crippen molar-refractivity contribution in [3.63, 3.8) is 0 Å². The lowest BCUT2D eigenvalue weighted by Gasteiger charge is -2.21. The van der Waals surface area contributed by atoms with Gasteiger partial charge in [-0.05, 0) is 56.8 Å². The lowest BCUT2D eigenvalue weighted by atomic mass is 9.95. The maximum Gasteiger partial charge on any atom is 0.195 e. The van der Waals surface area contributed by atoms with Crippen LogP contribution in [-0.2, 0) is 6.42 Å². The predicted octanol–water partition coefficient (Wildman–Crippen LogP) is 3.07. The molecule has 2 aromatic rings. The summed E-state index contributed by atoms with van der Waals surface area (Å²) in [7, 11) is 0. The van der Waals surface area contributed by atoms with Gasteiger partial charge in [0, 0.05) is 6.42 Å². The monoisotopic (exact) mass is 244 g/mol. The van der Waals surface area contributed by atoms with E-state index in [1.54, 1.807) is 0 Å². The van der Waals surface area contributed by atoms with Gasteiger partial charge in [0.1, 0.15) is 5.52 Å². The lowest BCUT2D eigenvalue weighted by Crippen LogP contribution is -2.29. The fraction of sp³-hybridized carbons (Fsp3) is 0.533. The number of piperidine rings is 1. The Kier molecular flexibility index (Phi) is 3.33. The average Bonchev–Trinajstić information content (AvgIpc) is 2.82. The van der Waals surface area contributed by atoms with Gasteiger partial charge in [0.25, 0.3) is 0 Å². The molecule has 0 radical (unpaired) electrons. The highest BCUT2D eigenvalue weighted by atomic mass is 16.3. The summed E-state index contributed by atoms with van der Waals surface area (Å²) >= 11 is 0. The Morgan fingerprint density at radius 3 is 3.17 bits per heavy atom. The van der Waals surface area contributed by atoms with E-state index < -0.39 is 0 Å². The first-order valence-corrected chi connectivity index (χ1v) is 6.88. The standard InChI is InChI=1S/C15H20N2O/c1-11-4-2-6-13-15(11)18-14(17-13)8-7-12-5-3-9-16-10-12/h2,4,6,12,16H,3,5,7-10H2,1H3. The molecule has 1 N–H and O–H groups in total. The fourth-order valence-electron chi connectivity index (χ4n) is 2.74. The summed E-state index contributed by atoms with van der Waals surface area (Å²) in [5.41, 5.74) is 3.12. The van der Waals surface area contributed by atoms with Gasteiger partial charge in [-0.2, -0.15) is 0 Å². The van der Waals surface area contributed by atoms with Crippen molar-refractivity contribution in [2.45, 2.75) is 32.6 Å². The minimum atomic E-state index is 0.787. The number of aromatic nitrogens is 1. The van der Waals surface area contributed by atoms with Crippen molar-refractivity contribution in [3.8, 4) is 0 Å². The van der Waals surface area contributed by atoms with E-state index >= 15 is 0 Å².